The lowest BCUT2D eigenvalue weighted by Gasteiger charge is -2.10. The van der Waals surface area contributed by atoms with Gasteiger partial charge in [-0.25, -0.2) is 9.48 Å². The summed E-state index contributed by atoms with van der Waals surface area (Å²) in [6, 6.07) is 23.6. The third kappa shape index (κ3) is 4.91. The highest BCUT2D eigenvalue weighted by atomic mass is 16.2. The van der Waals surface area contributed by atoms with Gasteiger partial charge >= 0.3 is 6.03 Å². The van der Waals surface area contributed by atoms with Gasteiger partial charge in [0, 0.05) is 30.6 Å². The summed E-state index contributed by atoms with van der Waals surface area (Å²) in [4.78, 5) is 16.6. The Labute approximate surface area is 175 Å². The monoisotopic (exact) mass is 397 g/mol. The van der Waals surface area contributed by atoms with Crippen molar-refractivity contribution in [3.63, 3.8) is 0 Å². The van der Waals surface area contributed by atoms with Gasteiger partial charge in [0.1, 0.15) is 5.82 Å². The second kappa shape index (κ2) is 9.05. The zero-order valence-corrected chi connectivity index (χ0v) is 16.7. The molecule has 0 aliphatic carbocycles. The van der Waals surface area contributed by atoms with Crippen molar-refractivity contribution in [2.45, 2.75) is 20.0 Å². The van der Waals surface area contributed by atoms with Crippen LogP contribution in [0.5, 0.6) is 0 Å². The number of benzene rings is 2. The minimum absolute atomic E-state index is 0.288. The summed E-state index contributed by atoms with van der Waals surface area (Å²) in [6.07, 6.45) is 3.44. The van der Waals surface area contributed by atoms with Crippen molar-refractivity contribution in [3.05, 3.63) is 102 Å². The molecule has 30 heavy (non-hydrogen) atoms. The van der Waals surface area contributed by atoms with Crippen molar-refractivity contribution in [1.82, 2.24) is 20.1 Å². The van der Waals surface area contributed by atoms with Crippen molar-refractivity contribution in [2.75, 3.05) is 5.32 Å². The number of rotatable bonds is 6. The maximum atomic E-state index is 12.5. The standard InChI is InChI=1S/C24H23N5O/c1-18-7-5-11-21(13-18)22-14-23(29(28-22)17-19-8-3-2-4-9-19)27-24(30)26-16-20-10-6-12-25-15-20/h2-15H,16-17H2,1H3,(H2,26,27,30). The highest BCUT2D eigenvalue weighted by Crippen LogP contribution is 2.23. The number of carbonyl (C=O) groups is 1. The Morgan fingerprint density at radius 1 is 0.967 bits per heavy atom. The Morgan fingerprint density at radius 2 is 1.80 bits per heavy atom. The zero-order valence-electron chi connectivity index (χ0n) is 16.7. The highest BCUT2D eigenvalue weighted by Gasteiger charge is 2.13. The molecule has 0 spiro atoms. The van der Waals surface area contributed by atoms with Crippen LogP contribution < -0.4 is 10.6 Å². The molecule has 0 unspecified atom stereocenters. The molecule has 6 nitrogen and oxygen atoms in total. The predicted molar refractivity (Wildman–Crippen MR) is 118 cm³/mol. The van der Waals surface area contributed by atoms with E-state index in [0.29, 0.717) is 18.9 Å². The first-order valence-corrected chi connectivity index (χ1v) is 9.80. The van der Waals surface area contributed by atoms with Crippen molar-refractivity contribution in [3.8, 4) is 11.3 Å². The summed E-state index contributed by atoms with van der Waals surface area (Å²) in [7, 11) is 0. The molecule has 0 saturated carbocycles. The number of pyridine rings is 1. The van der Waals surface area contributed by atoms with Crippen LogP contribution in [-0.4, -0.2) is 20.8 Å². The van der Waals surface area contributed by atoms with E-state index < -0.39 is 0 Å². The lowest BCUT2D eigenvalue weighted by molar-refractivity contribution is 0.251. The van der Waals surface area contributed by atoms with E-state index >= 15 is 0 Å². The largest absolute Gasteiger partial charge is 0.334 e. The van der Waals surface area contributed by atoms with Crippen LogP contribution in [0.4, 0.5) is 10.6 Å². The van der Waals surface area contributed by atoms with Gasteiger partial charge in [0.2, 0.25) is 0 Å². The quantitative estimate of drug-likeness (QED) is 0.498. The number of urea groups is 1. The first kappa shape index (κ1) is 19.4. The molecule has 0 aliphatic rings. The molecule has 150 valence electrons. The maximum absolute atomic E-state index is 12.5. The lowest BCUT2D eigenvalue weighted by atomic mass is 10.1. The number of amides is 2. The fourth-order valence-electron chi connectivity index (χ4n) is 3.19. The molecule has 6 heteroatoms. The zero-order chi connectivity index (χ0) is 20.8. The van der Waals surface area contributed by atoms with E-state index in [1.165, 1.54) is 0 Å². The van der Waals surface area contributed by atoms with Crippen LogP contribution in [0.1, 0.15) is 16.7 Å². The highest BCUT2D eigenvalue weighted by molar-refractivity contribution is 5.89. The van der Waals surface area contributed by atoms with E-state index in [9.17, 15) is 4.79 Å². The average Bonchev–Trinajstić information content (AvgIpc) is 3.16. The molecular formula is C24H23N5O. The molecule has 2 heterocycles. The Kier molecular flexibility index (Phi) is 5.85. The van der Waals surface area contributed by atoms with Crippen molar-refractivity contribution in [2.24, 2.45) is 0 Å². The molecule has 0 atom stereocenters. The van der Waals surface area contributed by atoms with Crippen LogP contribution >= 0.6 is 0 Å². The molecular weight excluding hydrogens is 374 g/mol. The van der Waals surface area contributed by atoms with Gasteiger partial charge in [0.25, 0.3) is 0 Å². The molecule has 2 aromatic carbocycles. The smallest absolute Gasteiger partial charge is 0.320 e. The van der Waals surface area contributed by atoms with Crippen LogP contribution in [-0.2, 0) is 13.1 Å². The van der Waals surface area contributed by atoms with Crippen molar-refractivity contribution >= 4 is 11.8 Å². The number of nitrogens with one attached hydrogen (secondary N) is 2. The molecule has 2 N–H and O–H groups in total. The van der Waals surface area contributed by atoms with Crippen LogP contribution in [0, 0.1) is 6.92 Å². The fraction of sp³-hybridized carbons (Fsp3) is 0.125. The predicted octanol–water partition coefficient (Wildman–Crippen LogP) is 4.62. The van der Waals surface area contributed by atoms with Crippen LogP contribution in [0.15, 0.2) is 85.2 Å². The molecule has 2 aromatic heterocycles. The first-order chi connectivity index (χ1) is 14.7. The Bertz CT molecular complexity index is 1120. The molecule has 0 fully saturated rings. The second-order valence-electron chi connectivity index (χ2n) is 7.10. The number of anilines is 1. The Hall–Kier alpha value is -3.93. The normalized spacial score (nSPS) is 10.6. The van der Waals surface area contributed by atoms with E-state index in [1.807, 2.05) is 65.3 Å². The van der Waals surface area contributed by atoms with Crippen molar-refractivity contribution < 1.29 is 4.79 Å². The van der Waals surface area contributed by atoms with E-state index in [-0.39, 0.29) is 6.03 Å². The summed E-state index contributed by atoms with van der Waals surface area (Å²) < 4.78 is 1.82. The number of aryl methyl sites for hydroxylation is 1. The summed E-state index contributed by atoms with van der Waals surface area (Å²) in [5, 5.41) is 10.6. The van der Waals surface area contributed by atoms with E-state index in [0.717, 1.165) is 27.9 Å². The fourth-order valence-corrected chi connectivity index (χ4v) is 3.19. The van der Waals surface area contributed by atoms with Gasteiger partial charge < -0.3 is 5.32 Å². The maximum Gasteiger partial charge on any atom is 0.320 e. The summed E-state index contributed by atoms with van der Waals surface area (Å²) >= 11 is 0. The van der Waals surface area contributed by atoms with Gasteiger partial charge in [-0.1, -0.05) is 60.2 Å². The number of aromatic nitrogens is 3. The summed E-state index contributed by atoms with van der Waals surface area (Å²) in [6.45, 7) is 3.01. The third-order valence-corrected chi connectivity index (χ3v) is 4.69. The molecule has 2 amide bonds. The molecule has 4 rings (SSSR count). The second-order valence-corrected chi connectivity index (χ2v) is 7.10. The minimum atomic E-state index is -0.288. The topological polar surface area (TPSA) is 71.8 Å². The summed E-state index contributed by atoms with van der Waals surface area (Å²) in [5.74, 6) is 0.638. The number of hydrogen-bond acceptors (Lipinski definition) is 3. The van der Waals surface area contributed by atoms with Gasteiger partial charge in [-0.3, -0.25) is 10.3 Å². The lowest BCUT2D eigenvalue weighted by Crippen LogP contribution is -2.29. The number of nitrogens with zero attached hydrogens (tertiary/aromatic N) is 3. The van der Waals surface area contributed by atoms with E-state index in [1.54, 1.807) is 12.4 Å². The van der Waals surface area contributed by atoms with Gasteiger partial charge in [0.05, 0.1) is 12.2 Å². The van der Waals surface area contributed by atoms with Gasteiger partial charge in [-0.05, 0) is 30.2 Å². The third-order valence-electron chi connectivity index (χ3n) is 4.69. The Morgan fingerprint density at radius 3 is 2.57 bits per heavy atom. The number of carbonyl (C=O) groups excluding carboxylic acids is 1. The minimum Gasteiger partial charge on any atom is -0.334 e. The SMILES string of the molecule is Cc1cccc(-c2cc(NC(=O)NCc3cccnc3)n(Cc3ccccc3)n2)c1. The van der Waals surface area contributed by atoms with E-state index in [4.69, 9.17) is 5.10 Å². The van der Waals surface area contributed by atoms with E-state index in [2.05, 4.69) is 34.7 Å². The van der Waals surface area contributed by atoms with Gasteiger partial charge in [-0.15, -0.1) is 0 Å². The first-order valence-electron chi connectivity index (χ1n) is 9.80. The van der Waals surface area contributed by atoms with Gasteiger partial charge in [0.15, 0.2) is 0 Å². The Balaban J connectivity index is 1.55. The number of hydrogen-bond donors (Lipinski definition) is 2. The van der Waals surface area contributed by atoms with Crippen molar-refractivity contribution in [1.29, 1.82) is 0 Å². The van der Waals surface area contributed by atoms with Crippen LogP contribution in [0.3, 0.4) is 0 Å². The molecule has 0 saturated heterocycles. The molecule has 0 bridgehead atoms. The average molecular weight is 397 g/mol. The molecule has 0 aliphatic heterocycles. The summed E-state index contributed by atoms with van der Waals surface area (Å²) in [5.41, 5.74) is 5.03. The molecule has 0 radical (unpaired) electrons. The van der Waals surface area contributed by atoms with Gasteiger partial charge in [-0.2, -0.15) is 5.10 Å². The van der Waals surface area contributed by atoms with Crippen LogP contribution in [0.2, 0.25) is 0 Å². The van der Waals surface area contributed by atoms with Crippen LogP contribution in [0.25, 0.3) is 11.3 Å². The molecule has 4 aromatic rings.